The van der Waals surface area contributed by atoms with Gasteiger partial charge in [-0.15, -0.1) is 0 Å². The van der Waals surface area contributed by atoms with Gasteiger partial charge >= 0.3 is 0 Å². The first-order valence-electron chi connectivity index (χ1n) is 4.66. The monoisotopic (exact) mass is 212 g/mol. The Morgan fingerprint density at radius 3 is 2.57 bits per heavy atom. The summed E-state index contributed by atoms with van der Waals surface area (Å²) in [6, 6.07) is 2.77. The molecule has 14 heavy (non-hydrogen) atoms. The summed E-state index contributed by atoms with van der Waals surface area (Å²) in [6.07, 6.45) is 1.18. The van der Waals surface area contributed by atoms with E-state index in [0.717, 1.165) is 5.82 Å². The molecule has 2 heterocycles. The van der Waals surface area contributed by atoms with E-state index in [2.05, 4.69) is 28.7 Å². The van der Waals surface area contributed by atoms with E-state index in [0.29, 0.717) is 17.2 Å². The van der Waals surface area contributed by atoms with Crippen molar-refractivity contribution in [3.05, 3.63) is 11.2 Å². The Kier molecular flexibility index (Phi) is 2.23. The third-order valence-electron chi connectivity index (χ3n) is 2.60. The molecule has 0 spiro atoms. The molecule has 2 rings (SSSR count). The maximum absolute atomic E-state index is 5.81. The second-order valence-electron chi connectivity index (χ2n) is 3.75. The van der Waals surface area contributed by atoms with Crippen LogP contribution in [0.1, 0.15) is 20.3 Å². The van der Waals surface area contributed by atoms with Gasteiger partial charge in [0.2, 0.25) is 5.95 Å². The van der Waals surface area contributed by atoms with Crippen molar-refractivity contribution >= 4 is 23.4 Å². The van der Waals surface area contributed by atoms with Gasteiger partial charge < -0.3 is 10.6 Å². The van der Waals surface area contributed by atoms with Crippen molar-refractivity contribution in [3.8, 4) is 0 Å². The average Bonchev–Trinajstić information content (AvgIpc) is 2.00. The van der Waals surface area contributed by atoms with E-state index in [-0.39, 0.29) is 5.95 Å². The summed E-state index contributed by atoms with van der Waals surface area (Å²) in [5.41, 5.74) is 5.53. The van der Waals surface area contributed by atoms with Gasteiger partial charge in [0.05, 0.1) is 0 Å². The molecule has 1 aromatic heterocycles. The summed E-state index contributed by atoms with van der Waals surface area (Å²) in [4.78, 5) is 10.2. The van der Waals surface area contributed by atoms with Crippen molar-refractivity contribution in [2.24, 2.45) is 0 Å². The van der Waals surface area contributed by atoms with Gasteiger partial charge in [-0.3, -0.25) is 0 Å². The molecule has 0 saturated carbocycles. The van der Waals surface area contributed by atoms with E-state index < -0.39 is 0 Å². The van der Waals surface area contributed by atoms with Crippen LogP contribution < -0.4 is 10.6 Å². The van der Waals surface area contributed by atoms with Crippen LogP contribution in [0.25, 0.3) is 0 Å². The van der Waals surface area contributed by atoms with Gasteiger partial charge in [0, 0.05) is 18.2 Å². The molecule has 1 aliphatic rings. The molecule has 1 saturated heterocycles. The largest absolute Gasteiger partial charge is 0.368 e. The van der Waals surface area contributed by atoms with Crippen LogP contribution in [-0.4, -0.2) is 22.1 Å². The first-order valence-corrected chi connectivity index (χ1v) is 5.04. The highest BCUT2D eigenvalue weighted by molar-refractivity contribution is 6.29. The molecular weight excluding hydrogens is 200 g/mol. The molecular formula is C9H13ClN4. The van der Waals surface area contributed by atoms with E-state index in [1.165, 1.54) is 6.42 Å². The van der Waals surface area contributed by atoms with Crippen LogP contribution in [0.4, 0.5) is 11.8 Å². The predicted molar refractivity (Wildman–Crippen MR) is 57.5 cm³/mol. The Hall–Kier alpha value is -1.03. The summed E-state index contributed by atoms with van der Waals surface area (Å²) in [5.74, 6) is 1.06. The first kappa shape index (κ1) is 9.52. The minimum Gasteiger partial charge on any atom is -0.368 e. The van der Waals surface area contributed by atoms with Crippen LogP contribution >= 0.6 is 11.6 Å². The van der Waals surface area contributed by atoms with Gasteiger partial charge in [-0.25, -0.2) is 4.98 Å². The number of anilines is 2. The lowest BCUT2D eigenvalue weighted by Crippen LogP contribution is -2.53. The molecule has 0 aliphatic carbocycles. The molecule has 0 aromatic carbocycles. The maximum atomic E-state index is 5.81. The number of rotatable bonds is 1. The fraction of sp³-hybridized carbons (Fsp3) is 0.556. The lowest BCUT2D eigenvalue weighted by Gasteiger charge is -2.46. The second kappa shape index (κ2) is 3.28. The number of hydrogen-bond donors (Lipinski definition) is 1. The van der Waals surface area contributed by atoms with Gasteiger partial charge in [-0.05, 0) is 20.3 Å². The first-order chi connectivity index (χ1) is 6.58. The second-order valence-corrected chi connectivity index (χ2v) is 4.14. The molecule has 76 valence electrons. The van der Waals surface area contributed by atoms with Crippen molar-refractivity contribution < 1.29 is 0 Å². The Balaban J connectivity index is 2.31. The van der Waals surface area contributed by atoms with Crippen molar-refractivity contribution in [3.63, 3.8) is 0 Å². The van der Waals surface area contributed by atoms with Gasteiger partial charge in [0.25, 0.3) is 0 Å². The number of hydrogen-bond acceptors (Lipinski definition) is 4. The van der Waals surface area contributed by atoms with E-state index in [9.17, 15) is 0 Å². The highest BCUT2D eigenvalue weighted by Gasteiger charge is 2.32. The van der Waals surface area contributed by atoms with E-state index in [1.54, 1.807) is 6.07 Å². The Morgan fingerprint density at radius 1 is 1.43 bits per heavy atom. The minimum atomic E-state index is 0.235. The highest BCUT2D eigenvalue weighted by atomic mass is 35.5. The van der Waals surface area contributed by atoms with Crippen molar-refractivity contribution in [1.82, 2.24) is 9.97 Å². The molecule has 2 atom stereocenters. The Morgan fingerprint density at radius 2 is 2.07 bits per heavy atom. The maximum Gasteiger partial charge on any atom is 0.223 e. The number of aromatic nitrogens is 2. The topological polar surface area (TPSA) is 55.0 Å². The van der Waals surface area contributed by atoms with E-state index in [1.807, 2.05) is 0 Å². The Bertz CT molecular complexity index is 326. The molecule has 0 amide bonds. The quantitative estimate of drug-likeness (QED) is 0.720. The zero-order valence-electron chi connectivity index (χ0n) is 8.24. The number of nitrogens with zero attached hydrogens (tertiary/aromatic N) is 3. The van der Waals surface area contributed by atoms with Crippen molar-refractivity contribution in [2.45, 2.75) is 32.4 Å². The van der Waals surface area contributed by atoms with E-state index >= 15 is 0 Å². The summed E-state index contributed by atoms with van der Waals surface area (Å²) < 4.78 is 0. The molecule has 1 fully saturated rings. The zero-order valence-corrected chi connectivity index (χ0v) is 8.99. The van der Waals surface area contributed by atoms with E-state index in [4.69, 9.17) is 17.3 Å². The van der Waals surface area contributed by atoms with Gasteiger partial charge in [0.1, 0.15) is 11.0 Å². The molecule has 0 radical (unpaired) electrons. The molecule has 1 aliphatic heterocycles. The number of halogens is 1. The standard InChI is InChI=1S/C9H13ClN4/c1-5-3-6(2)14(5)8-4-7(10)12-9(11)13-8/h4-6H,3H2,1-2H3,(H2,11,12,13). The van der Waals surface area contributed by atoms with Gasteiger partial charge in [-0.1, -0.05) is 11.6 Å². The van der Waals surface area contributed by atoms with Crippen LogP contribution in [0.2, 0.25) is 5.15 Å². The normalized spacial score (nSPS) is 26.1. The fourth-order valence-corrected chi connectivity index (χ4v) is 2.21. The lowest BCUT2D eigenvalue weighted by molar-refractivity contribution is 0.376. The van der Waals surface area contributed by atoms with Crippen LogP contribution in [0.5, 0.6) is 0 Å². The lowest BCUT2D eigenvalue weighted by atomic mass is 9.96. The zero-order chi connectivity index (χ0) is 10.3. The third kappa shape index (κ3) is 1.50. The molecule has 2 unspecified atom stereocenters. The highest BCUT2D eigenvalue weighted by Crippen LogP contribution is 2.31. The van der Waals surface area contributed by atoms with Crippen molar-refractivity contribution in [1.29, 1.82) is 0 Å². The van der Waals surface area contributed by atoms with Gasteiger partial charge in [0.15, 0.2) is 0 Å². The summed E-state index contributed by atoms with van der Waals surface area (Å²) >= 11 is 5.81. The minimum absolute atomic E-state index is 0.235. The van der Waals surface area contributed by atoms with Crippen LogP contribution in [0.15, 0.2) is 6.07 Å². The predicted octanol–water partition coefficient (Wildman–Crippen LogP) is 1.70. The SMILES string of the molecule is CC1CC(C)N1c1cc(Cl)nc(N)n1. The van der Waals surface area contributed by atoms with Crippen molar-refractivity contribution in [2.75, 3.05) is 10.6 Å². The molecule has 1 aromatic rings. The summed E-state index contributed by atoms with van der Waals surface area (Å²) in [5, 5.41) is 0.402. The third-order valence-corrected chi connectivity index (χ3v) is 2.79. The average molecular weight is 213 g/mol. The Labute approximate surface area is 88.1 Å². The number of nitrogen functional groups attached to an aromatic ring is 1. The number of nitrogens with two attached hydrogens (primary N) is 1. The molecule has 5 heteroatoms. The van der Waals surface area contributed by atoms with Gasteiger partial charge in [-0.2, -0.15) is 4.98 Å². The van der Waals surface area contributed by atoms with Crippen LogP contribution in [-0.2, 0) is 0 Å². The smallest absolute Gasteiger partial charge is 0.223 e. The molecule has 2 N–H and O–H groups in total. The van der Waals surface area contributed by atoms with Crippen LogP contribution in [0.3, 0.4) is 0 Å². The summed E-state index contributed by atoms with van der Waals surface area (Å²) in [7, 11) is 0. The van der Waals surface area contributed by atoms with Crippen LogP contribution in [0, 0.1) is 0 Å². The fourth-order valence-electron chi connectivity index (χ4n) is 2.02. The molecule has 4 nitrogen and oxygen atoms in total. The molecule has 0 bridgehead atoms. The summed E-state index contributed by atoms with van der Waals surface area (Å²) in [6.45, 7) is 4.32.